The highest BCUT2D eigenvalue weighted by Crippen LogP contribution is 2.17. The van der Waals surface area contributed by atoms with Crippen molar-refractivity contribution >= 4 is 5.69 Å². The van der Waals surface area contributed by atoms with E-state index in [-0.39, 0.29) is 6.04 Å². The van der Waals surface area contributed by atoms with Crippen LogP contribution in [0.2, 0.25) is 0 Å². The second-order valence-electron chi connectivity index (χ2n) is 4.06. The van der Waals surface area contributed by atoms with E-state index >= 15 is 0 Å². The zero-order valence-electron chi connectivity index (χ0n) is 9.35. The third kappa shape index (κ3) is 3.50. The molecule has 0 fully saturated rings. The van der Waals surface area contributed by atoms with Crippen LogP contribution < -0.4 is 5.32 Å². The summed E-state index contributed by atoms with van der Waals surface area (Å²) < 4.78 is 25.8. The van der Waals surface area contributed by atoms with Crippen LogP contribution in [0, 0.1) is 17.6 Å². The van der Waals surface area contributed by atoms with E-state index in [0.29, 0.717) is 11.6 Å². The predicted octanol–water partition coefficient (Wildman–Crippen LogP) is 3.81. The fourth-order valence-electron chi connectivity index (χ4n) is 1.59. The summed E-state index contributed by atoms with van der Waals surface area (Å²) in [4.78, 5) is 0. The summed E-state index contributed by atoms with van der Waals surface area (Å²) in [7, 11) is 0. The van der Waals surface area contributed by atoms with Crippen LogP contribution in [0.1, 0.15) is 27.2 Å². The van der Waals surface area contributed by atoms with Crippen LogP contribution in [0.5, 0.6) is 0 Å². The summed E-state index contributed by atoms with van der Waals surface area (Å²) >= 11 is 0. The van der Waals surface area contributed by atoms with Crippen LogP contribution in [0.4, 0.5) is 14.5 Å². The van der Waals surface area contributed by atoms with Gasteiger partial charge in [-0.25, -0.2) is 8.78 Å². The number of anilines is 1. The highest BCUT2D eigenvalue weighted by Gasteiger charge is 2.11. The number of hydrogen-bond donors (Lipinski definition) is 1. The third-order valence-electron chi connectivity index (χ3n) is 2.46. The first-order valence-electron chi connectivity index (χ1n) is 5.25. The Labute approximate surface area is 89.5 Å². The number of hydrogen-bond acceptors (Lipinski definition) is 1. The fourth-order valence-corrected chi connectivity index (χ4v) is 1.59. The van der Waals surface area contributed by atoms with Gasteiger partial charge in [-0.2, -0.15) is 0 Å². The third-order valence-corrected chi connectivity index (χ3v) is 2.46. The van der Waals surface area contributed by atoms with E-state index in [1.807, 2.05) is 6.92 Å². The zero-order valence-corrected chi connectivity index (χ0v) is 9.35. The average Bonchev–Trinajstić information content (AvgIpc) is 2.12. The van der Waals surface area contributed by atoms with Crippen LogP contribution in [0.25, 0.3) is 0 Å². The van der Waals surface area contributed by atoms with E-state index in [4.69, 9.17) is 0 Å². The molecule has 1 nitrogen and oxygen atoms in total. The Morgan fingerprint density at radius 2 is 1.67 bits per heavy atom. The van der Waals surface area contributed by atoms with Gasteiger partial charge in [0.15, 0.2) is 0 Å². The lowest BCUT2D eigenvalue weighted by molar-refractivity contribution is 0.509. The summed E-state index contributed by atoms with van der Waals surface area (Å²) in [6, 6.07) is 3.75. The van der Waals surface area contributed by atoms with Gasteiger partial charge in [-0.15, -0.1) is 0 Å². The summed E-state index contributed by atoms with van der Waals surface area (Å²) in [5, 5.41) is 3.13. The van der Waals surface area contributed by atoms with E-state index in [9.17, 15) is 8.78 Å². The van der Waals surface area contributed by atoms with Crippen molar-refractivity contribution in [1.29, 1.82) is 0 Å². The van der Waals surface area contributed by atoms with Crippen molar-refractivity contribution in [3.05, 3.63) is 29.8 Å². The Morgan fingerprint density at radius 1 is 1.13 bits per heavy atom. The van der Waals surface area contributed by atoms with E-state index in [1.54, 1.807) is 0 Å². The first kappa shape index (κ1) is 12.0. The predicted molar refractivity (Wildman–Crippen MR) is 58.9 cm³/mol. The van der Waals surface area contributed by atoms with E-state index in [1.165, 1.54) is 12.1 Å². The Morgan fingerprint density at radius 3 is 2.07 bits per heavy atom. The molecule has 1 aromatic rings. The normalized spacial score (nSPS) is 12.9. The van der Waals surface area contributed by atoms with Gasteiger partial charge >= 0.3 is 0 Å². The van der Waals surface area contributed by atoms with E-state index < -0.39 is 11.6 Å². The van der Waals surface area contributed by atoms with Gasteiger partial charge in [0.25, 0.3) is 0 Å². The maximum atomic E-state index is 12.9. The van der Waals surface area contributed by atoms with Crippen LogP contribution in [-0.2, 0) is 0 Å². The minimum atomic E-state index is -0.545. The second kappa shape index (κ2) is 5.10. The molecule has 0 bridgehead atoms. The summed E-state index contributed by atoms with van der Waals surface area (Å²) in [6.45, 7) is 6.21. The van der Waals surface area contributed by atoms with E-state index in [0.717, 1.165) is 12.5 Å². The average molecular weight is 213 g/mol. The molecule has 0 aliphatic rings. The van der Waals surface area contributed by atoms with Gasteiger partial charge in [0.2, 0.25) is 0 Å². The molecule has 84 valence electrons. The van der Waals surface area contributed by atoms with Crippen molar-refractivity contribution in [2.45, 2.75) is 33.2 Å². The van der Waals surface area contributed by atoms with Crippen molar-refractivity contribution < 1.29 is 8.78 Å². The van der Waals surface area contributed by atoms with Gasteiger partial charge in [-0.05, 0) is 24.5 Å². The fraction of sp³-hybridized carbons (Fsp3) is 0.500. The monoisotopic (exact) mass is 213 g/mol. The highest BCUT2D eigenvalue weighted by atomic mass is 19.1. The molecular formula is C12H17F2N. The SMILES string of the molecule is CCC(Nc1cc(F)cc(F)c1)C(C)C. The van der Waals surface area contributed by atoms with Gasteiger partial charge < -0.3 is 5.32 Å². The Hall–Kier alpha value is -1.12. The van der Waals surface area contributed by atoms with Gasteiger partial charge in [0, 0.05) is 17.8 Å². The van der Waals surface area contributed by atoms with Crippen molar-refractivity contribution in [2.24, 2.45) is 5.92 Å². The zero-order chi connectivity index (χ0) is 11.4. The smallest absolute Gasteiger partial charge is 0.128 e. The van der Waals surface area contributed by atoms with Crippen LogP contribution in [-0.4, -0.2) is 6.04 Å². The number of rotatable bonds is 4. The van der Waals surface area contributed by atoms with Crippen LogP contribution in [0.15, 0.2) is 18.2 Å². The Bertz CT molecular complexity index is 303. The first-order chi connectivity index (χ1) is 7.02. The number of nitrogens with one attached hydrogen (secondary N) is 1. The molecule has 15 heavy (non-hydrogen) atoms. The molecule has 1 rings (SSSR count). The minimum Gasteiger partial charge on any atom is -0.382 e. The molecule has 0 spiro atoms. The van der Waals surface area contributed by atoms with E-state index in [2.05, 4.69) is 19.2 Å². The molecule has 0 aliphatic carbocycles. The molecule has 1 atom stereocenters. The molecule has 1 unspecified atom stereocenters. The van der Waals surface area contributed by atoms with Crippen molar-refractivity contribution in [1.82, 2.24) is 0 Å². The van der Waals surface area contributed by atoms with Crippen molar-refractivity contribution in [2.75, 3.05) is 5.32 Å². The minimum absolute atomic E-state index is 0.242. The molecule has 1 N–H and O–H groups in total. The van der Waals surface area contributed by atoms with Crippen molar-refractivity contribution in [3.8, 4) is 0 Å². The first-order valence-corrected chi connectivity index (χ1v) is 5.25. The molecule has 0 saturated carbocycles. The maximum Gasteiger partial charge on any atom is 0.128 e. The lowest BCUT2D eigenvalue weighted by Crippen LogP contribution is -2.24. The highest BCUT2D eigenvalue weighted by molar-refractivity contribution is 5.44. The Kier molecular flexibility index (Phi) is 4.06. The number of benzene rings is 1. The lowest BCUT2D eigenvalue weighted by Gasteiger charge is -2.22. The van der Waals surface area contributed by atoms with Gasteiger partial charge in [0.1, 0.15) is 11.6 Å². The molecule has 0 radical (unpaired) electrons. The molecule has 0 amide bonds. The van der Waals surface area contributed by atoms with Gasteiger partial charge in [-0.3, -0.25) is 0 Å². The summed E-state index contributed by atoms with van der Waals surface area (Å²) in [6.07, 6.45) is 0.926. The quantitative estimate of drug-likeness (QED) is 0.801. The second-order valence-corrected chi connectivity index (χ2v) is 4.06. The standard InChI is InChI=1S/C12H17F2N/c1-4-12(8(2)3)15-11-6-9(13)5-10(14)7-11/h5-8,12,15H,4H2,1-3H3. The lowest BCUT2D eigenvalue weighted by atomic mass is 10.0. The molecule has 0 saturated heterocycles. The Balaban J connectivity index is 2.79. The van der Waals surface area contributed by atoms with Crippen molar-refractivity contribution in [3.63, 3.8) is 0 Å². The summed E-state index contributed by atoms with van der Waals surface area (Å²) in [5.74, 6) is -0.659. The van der Waals surface area contributed by atoms with Crippen LogP contribution >= 0.6 is 0 Å². The summed E-state index contributed by atoms with van der Waals surface area (Å²) in [5.41, 5.74) is 0.507. The largest absolute Gasteiger partial charge is 0.382 e. The molecule has 1 aromatic carbocycles. The molecule has 0 aromatic heterocycles. The van der Waals surface area contributed by atoms with Crippen LogP contribution in [0.3, 0.4) is 0 Å². The number of halogens is 2. The van der Waals surface area contributed by atoms with Gasteiger partial charge in [0.05, 0.1) is 0 Å². The topological polar surface area (TPSA) is 12.0 Å². The molecule has 0 aliphatic heterocycles. The van der Waals surface area contributed by atoms with Gasteiger partial charge in [-0.1, -0.05) is 20.8 Å². The maximum absolute atomic E-state index is 12.9. The molecule has 0 heterocycles. The molecular weight excluding hydrogens is 196 g/mol. The molecule has 3 heteroatoms.